The van der Waals surface area contributed by atoms with Gasteiger partial charge in [0.1, 0.15) is 22.8 Å². The van der Waals surface area contributed by atoms with Gasteiger partial charge < -0.3 is 24.1 Å². The van der Waals surface area contributed by atoms with Gasteiger partial charge in [-0.25, -0.2) is 0 Å². The molecule has 162 valence electrons. The van der Waals surface area contributed by atoms with E-state index in [2.05, 4.69) is 5.32 Å². The summed E-state index contributed by atoms with van der Waals surface area (Å²) in [7, 11) is 3.14. The molecule has 0 fully saturated rings. The highest BCUT2D eigenvalue weighted by Gasteiger charge is 2.19. The Kier molecular flexibility index (Phi) is 6.11. The van der Waals surface area contributed by atoms with E-state index in [4.69, 9.17) is 13.9 Å². The van der Waals surface area contributed by atoms with Crippen LogP contribution < -0.4 is 14.8 Å². The molecular weight excluding hydrogens is 396 g/mol. The maximum atomic E-state index is 12.4. The Bertz CT molecular complexity index is 1100. The number of hydrogen-bond donors (Lipinski definition) is 1. The van der Waals surface area contributed by atoms with Crippen LogP contribution in [0, 0.1) is 0 Å². The summed E-state index contributed by atoms with van der Waals surface area (Å²) < 4.78 is 16.8. The second kappa shape index (κ2) is 9.12. The van der Waals surface area contributed by atoms with Crippen LogP contribution in [0.25, 0.3) is 11.0 Å². The van der Waals surface area contributed by atoms with Gasteiger partial charge in [0.2, 0.25) is 5.91 Å². The Morgan fingerprint density at radius 2 is 1.94 bits per heavy atom. The van der Waals surface area contributed by atoms with Gasteiger partial charge in [0, 0.05) is 36.2 Å². The lowest BCUT2D eigenvalue weighted by atomic mass is 9.96. The third kappa shape index (κ3) is 4.82. The molecule has 0 atom stereocenters. The fourth-order valence-corrected chi connectivity index (χ4v) is 3.79. The predicted octanol–water partition coefficient (Wildman–Crippen LogP) is 3.80. The molecule has 0 saturated carbocycles. The highest BCUT2D eigenvalue weighted by molar-refractivity contribution is 5.94. The largest absolute Gasteiger partial charge is 0.497 e. The first kappa shape index (κ1) is 20.8. The number of amides is 2. The molecule has 7 nitrogen and oxygen atoms in total. The minimum Gasteiger partial charge on any atom is -0.497 e. The molecule has 0 saturated heterocycles. The van der Waals surface area contributed by atoms with Crippen LogP contribution in [0.5, 0.6) is 11.5 Å². The SMILES string of the molecule is COc1cccc(NC(=O)CN(C)C(=O)COc2ccc3oc4c(c3c2)CCCC4)c1. The molecule has 3 aromatic rings. The average Bonchev–Trinajstić information content (AvgIpc) is 3.15. The number of benzene rings is 2. The molecule has 0 spiro atoms. The zero-order valence-electron chi connectivity index (χ0n) is 17.8. The van der Waals surface area contributed by atoms with Crippen LogP contribution in [0.2, 0.25) is 0 Å². The van der Waals surface area contributed by atoms with Gasteiger partial charge in [-0.1, -0.05) is 6.07 Å². The topological polar surface area (TPSA) is 81.0 Å². The number of furan rings is 1. The molecule has 2 amide bonds. The smallest absolute Gasteiger partial charge is 0.260 e. The Hall–Kier alpha value is -3.48. The fourth-order valence-electron chi connectivity index (χ4n) is 3.79. The number of nitrogens with zero attached hydrogens (tertiary/aromatic N) is 1. The number of ether oxygens (including phenoxy) is 2. The standard InChI is InChI=1S/C24H26N2O5/c1-26(14-23(27)25-16-6-5-7-17(12-16)29-2)24(28)15-30-18-10-11-22-20(13-18)19-8-3-4-9-21(19)31-22/h5-7,10-13H,3-4,8-9,14-15H2,1-2H3,(H,25,27). The molecular formula is C24H26N2O5. The Morgan fingerprint density at radius 1 is 1.10 bits per heavy atom. The molecule has 0 bridgehead atoms. The van der Waals surface area contributed by atoms with Crippen molar-refractivity contribution >= 4 is 28.5 Å². The summed E-state index contributed by atoms with van der Waals surface area (Å²) in [6.45, 7) is -0.220. The number of methoxy groups -OCH3 is 1. The van der Waals surface area contributed by atoms with Crippen molar-refractivity contribution in [2.24, 2.45) is 0 Å². The summed E-state index contributed by atoms with van der Waals surface area (Å²) in [5.74, 6) is 1.75. The second-order valence-electron chi connectivity index (χ2n) is 7.69. The van der Waals surface area contributed by atoms with Crippen molar-refractivity contribution in [2.45, 2.75) is 25.7 Å². The van der Waals surface area contributed by atoms with Gasteiger partial charge >= 0.3 is 0 Å². The molecule has 0 aliphatic heterocycles. The van der Waals surface area contributed by atoms with Gasteiger partial charge in [0.25, 0.3) is 5.91 Å². The van der Waals surface area contributed by atoms with Gasteiger partial charge in [0.15, 0.2) is 6.61 Å². The molecule has 1 N–H and O–H groups in total. The van der Waals surface area contributed by atoms with Crippen LogP contribution in [0.1, 0.15) is 24.2 Å². The van der Waals surface area contributed by atoms with E-state index in [1.807, 2.05) is 12.1 Å². The maximum absolute atomic E-state index is 12.4. The van der Waals surface area contributed by atoms with Crippen LogP contribution in [0.15, 0.2) is 46.9 Å². The zero-order chi connectivity index (χ0) is 21.8. The summed E-state index contributed by atoms with van der Waals surface area (Å²) in [4.78, 5) is 26.0. The summed E-state index contributed by atoms with van der Waals surface area (Å²) >= 11 is 0. The van der Waals surface area contributed by atoms with Crippen LogP contribution in [-0.2, 0) is 22.4 Å². The first-order valence-corrected chi connectivity index (χ1v) is 10.4. The first-order valence-electron chi connectivity index (χ1n) is 10.4. The molecule has 7 heteroatoms. The molecule has 1 aliphatic carbocycles. The van der Waals surface area contributed by atoms with E-state index in [9.17, 15) is 9.59 Å². The van der Waals surface area contributed by atoms with Crippen LogP contribution in [0.3, 0.4) is 0 Å². The Morgan fingerprint density at radius 3 is 2.77 bits per heavy atom. The predicted molar refractivity (Wildman–Crippen MR) is 118 cm³/mol. The monoisotopic (exact) mass is 422 g/mol. The van der Waals surface area contributed by atoms with Crippen molar-refractivity contribution in [3.05, 3.63) is 53.8 Å². The number of nitrogens with one attached hydrogen (secondary N) is 1. The Labute approximate surface area is 180 Å². The third-order valence-corrected chi connectivity index (χ3v) is 5.45. The summed E-state index contributed by atoms with van der Waals surface area (Å²) in [5.41, 5.74) is 2.72. The van der Waals surface area contributed by atoms with Crippen molar-refractivity contribution in [3.8, 4) is 11.5 Å². The van der Waals surface area contributed by atoms with Crippen molar-refractivity contribution < 1.29 is 23.5 Å². The van der Waals surface area contributed by atoms with E-state index in [1.54, 1.807) is 44.5 Å². The Balaban J connectivity index is 1.32. The van der Waals surface area contributed by atoms with Crippen molar-refractivity contribution in [1.82, 2.24) is 4.90 Å². The number of hydrogen-bond acceptors (Lipinski definition) is 5. The number of aryl methyl sites for hydroxylation is 2. The summed E-state index contributed by atoms with van der Waals surface area (Å²) in [6.07, 6.45) is 4.30. The lowest BCUT2D eigenvalue weighted by Crippen LogP contribution is -2.37. The van der Waals surface area contributed by atoms with Crippen molar-refractivity contribution in [2.75, 3.05) is 32.6 Å². The van der Waals surface area contributed by atoms with E-state index in [0.29, 0.717) is 17.2 Å². The lowest BCUT2D eigenvalue weighted by molar-refractivity contribution is -0.135. The molecule has 4 rings (SSSR count). The van der Waals surface area contributed by atoms with E-state index in [-0.39, 0.29) is 25.0 Å². The molecule has 2 aromatic carbocycles. The fraction of sp³-hybridized carbons (Fsp3) is 0.333. The molecule has 0 radical (unpaired) electrons. The van der Waals surface area contributed by atoms with E-state index in [0.717, 1.165) is 42.4 Å². The van der Waals surface area contributed by atoms with Crippen molar-refractivity contribution in [1.29, 1.82) is 0 Å². The number of rotatable bonds is 7. The van der Waals surface area contributed by atoms with Gasteiger partial charge in [-0.15, -0.1) is 0 Å². The van der Waals surface area contributed by atoms with E-state index in [1.165, 1.54) is 10.5 Å². The zero-order valence-corrected chi connectivity index (χ0v) is 17.8. The quantitative estimate of drug-likeness (QED) is 0.626. The van der Waals surface area contributed by atoms with Gasteiger partial charge in [-0.2, -0.15) is 0 Å². The van der Waals surface area contributed by atoms with E-state index < -0.39 is 0 Å². The minimum absolute atomic E-state index is 0.0757. The molecule has 31 heavy (non-hydrogen) atoms. The lowest BCUT2D eigenvalue weighted by Gasteiger charge is -2.17. The molecule has 1 heterocycles. The number of anilines is 1. The van der Waals surface area contributed by atoms with Gasteiger partial charge in [-0.05, 0) is 49.6 Å². The maximum Gasteiger partial charge on any atom is 0.260 e. The third-order valence-electron chi connectivity index (χ3n) is 5.45. The van der Waals surface area contributed by atoms with Crippen molar-refractivity contribution in [3.63, 3.8) is 0 Å². The molecule has 1 aromatic heterocycles. The van der Waals surface area contributed by atoms with Gasteiger partial charge in [0.05, 0.1) is 13.7 Å². The average molecular weight is 422 g/mol. The van der Waals surface area contributed by atoms with Crippen LogP contribution in [-0.4, -0.2) is 44.0 Å². The van der Waals surface area contributed by atoms with Crippen LogP contribution in [0.4, 0.5) is 5.69 Å². The van der Waals surface area contributed by atoms with E-state index >= 15 is 0 Å². The second-order valence-corrected chi connectivity index (χ2v) is 7.69. The van der Waals surface area contributed by atoms with Gasteiger partial charge in [-0.3, -0.25) is 9.59 Å². The van der Waals surface area contributed by atoms with Crippen LogP contribution >= 0.6 is 0 Å². The molecule has 1 aliphatic rings. The minimum atomic E-state index is -0.296. The number of likely N-dealkylation sites (N-methyl/N-ethyl adjacent to an activating group) is 1. The normalized spacial score (nSPS) is 12.8. The first-order chi connectivity index (χ1) is 15.0. The summed E-state index contributed by atoms with van der Waals surface area (Å²) in [6, 6.07) is 12.7. The highest BCUT2D eigenvalue weighted by Crippen LogP contribution is 2.33. The summed E-state index contributed by atoms with van der Waals surface area (Å²) in [5, 5.41) is 3.82. The molecule has 0 unspecified atom stereocenters. The number of fused-ring (bicyclic) bond motifs is 3. The highest BCUT2D eigenvalue weighted by atomic mass is 16.5. The number of carbonyl (C=O) groups excluding carboxylic acids is 2. The number of carbonyl (C=O) groups is 2.